The van der Waals surface area contributed by atoms with Gasteiger partial charge < -0.3 is 4.90 Å². The van der Waals surface area contributed by atoms with Gasteiger partial charge in [0.1, 0.15) is 10.8 Å². The average Bonchev–Trinajstić information content (AvgIpc) is 2.87. The quantitative estimate of drug-likeness (QED) is 0.717. The number of aromatic nitrogens is 3. The first-order chi connectivity index (χ1) is 11.5. The zero-order valence-corrected chi connectivity index (χ0v) is 14.4. The monoisotopic (exact) mass is 344 g/mol. The second kappa shape index (κ2) is 5.66. The second-order valence-electron chi connectivity index (χ2n) is 6.18. The van der Waals surface area contributed by atoms with Crippen LogP contribution in [-0.4, -0.2) is 21.1 Å². The summed E-state index contributed by atoms with van der Waals surface area (Å²) in [6.45, 7) is 4.94. The van der Waals surface area contributed by atoms with E-state index in [2.05, 4.69) is 10.1 Å². The van der Waals surface area contributed by atoms with E-state index in [0.29, 0.717) is 22.9 Å². The third-order valence-electron chi connectivity index (χ3n) is 4.23. The molecule has 0 aliphatic carbocycles. The van der Waals surface area contributed by atoms with Crippen molar-refractivity contribution in [3.63, 3.8) is 0 Å². The first-order valence-electron chi connectivity index (χ1n) is 7.91. The third kappa shape index (κ3) is 2.58. The maximum absolute atomic E-state index is 14.5. The molecule has 0 unspecified atom stereocenters. The summed E-state index contributed by atoms with van der Waals surface area (Å²) in [7, 11) is 0. The Hall–Kier alpha value is -2.28. The molecule has 0 saturated heterocycles. The van der Waals surface area contributed by atoms with Gasteiger partial charge in [-0.2, -0.15) is 9.61 Å². The van der Waals surface area contributed by atoms with Gasteiger partial charge >= 0.3 is 0 Å². The molecule has 0 radical (unpaired) electrons. The van der Waals surface area contributed by atoms with E-state index in [4.69, 9.17) is 0 Å². The van der Waals surface area contributed by atoms with Crippen LogP contribution < -0.4 is 10.5 Å². The fourth-order valence-electron chi connectivity index (χ4n) is 3.31. The van der Waals surface area contributed by atoms with Crippen LogP contribution in [0.5, 0.6) is 0 Å². The molecular formula is C17H17FN4OS. The summed E-state index contributed by atoms with van der Waals surface area (Å²) >= 11 is 1.38. The maximum atomic E-state index is 14.5. The van der Waals surface area contributed by atoms with Gasteiger partial charge in [0.05, 0.1) is 17.9 Å². The molecule has 2 aromatic heterocycles. The van der Waals surface area contributed by atoms with Gasteiger partial charge in [0.2, 0.25) is 4.96 Å². The van der Waals surface area contributed by atoms with E-state index in [1.165, 1.54) is 21.9 Å². The molecule has 3 aromatic rings. The minimum atomic E-state index is -0.198. The van der Waals surface area contributed by atoms with Gasteiger partial charge in [0, 0.05) is 12.6 Å². The van der Waals surface area contributed by atoms with Gasteiger partial charge in [0.25, 0.3) is 5.56 Å². The first kappa shape index (κ1) is 15.3. The first-order valence-corrected chi connectivity index (χ1v) is 8.73. The Morgan fingerprint density at radius 3 is 2.96 bits per heavy atom. The number of hydrogen-bond donors (Lipinski definition) is 0. The molecule has 0 fully saturated rings. The molecule has 5 nitrogen and oxygen atoms in total. The van der Waals surface area contributed by atoms with E-state index < -0.39 is 0 Å². The third-order valence-corrected chi connectivity index (χ3v) is 5.05. The van der Waals surface area contributed by atoms with Crippen LogP contribution in [0.4, 0.5) is 10.1 Å². The number of halogens is 1. The molecule has 0 spiro atoms. The van der Waals surface area contributed by atoms with Crippen LogP contribution in [-0.2, 0) is 13.0 Å². The Morgan fingerprint density at radius 1 is 1.29 bits per heavy atom. The Bertz CT molecular complexity index is 994. The van der Waals surface area contributed by atoms with Gasteiger partial charge in [-0.1, -0.05) is 17.4 Å². The lowest BCUT2D eigenvalue weighted by Crippen LogP contribution is -2.31. The lowest BCUT2D eigenvalue weighted by Gasteiger charge is -2.31. The number of nitrogens with zero attached hydrogens (tertiary/aromatic N) is 4. The lowest BCUT2D eigenvalue weighted by molar-refractivity contribution is 0.592. The van der Waals surface area contributed by atoms with Crippen molar-refractivity contribution in [2.75, 3.05) is 11.4 Å². The highest BCUT2D eigenvalue weighted by molar-refractivity contribution is 7.16. The molecule has 3 heterocycles. The Labute approximate surface area is 142 Å². The molecule has 0 saturated carbocycles. The Kier molecular flexibility index (Phi) is 3.60. The molecule has 1 aliphatic heterocycles. The highest BCUT2D eigenvalue weighted by atomic mass is 32.1. The lowest BCUT2D eigenvalue weighted by atomic mass is 9.99. The average molecular weight is 344 g/mol. The summed E-state index contributed by atoms with van der Waals surface area (Å²) in [5.74, 6) is -0.198. The zero-order chi connectivity index (χ0) is 16.8. The highest BCUT2D eigenvalue weighted by Gasteiger charge is 2.22. The van der Waals surface area contributed by atoms with Crippen LogP contribution in [0.1, 0.15) is 28.2 Å². The SMILES string of the molecule is Cc1cc(F)c2c(c1)CCCN2Cc1cc(=O)n2nc(C)sc2n1. The topological polar surface area (TPSA) is 50.5 Å². The van der Waals surface area contributed by atoms with Crippen LogP contribution in [0.15, 0.2) is 23.0 Å². The van der Waals surface area contributed by atoms with Crippen molar-refractivity contribution >= 4 is 22.0 Å². The molecule has 1 aliphatic rings. The Morgan fingerprint density at radius 2 is 2.12 bits per heavy atom. The van der Waals surface area contributed by atoms with Crippen molar-refractivity contribution in [3.8, 4) is 0 Å². The molecule has 4 rings (SSSR count). The normalized spacial score (nSPS) is 14.2. The highest BCUT2D eigenvalue weighted by Crippen LogP contribution is 2.32. The zero-order valence-electron chi connectivity index (χ0n) is 13.5. The van der Waals surface area contributed by atoms with E-state index in [1.54, 1.807) is 6.07 Å². The van der Waals surface area contributed by atoms with E-state index in [9.17, 15) is 9.18 Å². The number of hydrogen-bond acceptors (Lipinski definition) is 5. The molecule has 0 atom stereocenters. The number of anilines is 1. The van der Waals surface area contributed by atoms with Crippen molar-refractivity contribution in [1.82, 2.24) is 14.6 Å². The van der Waals surface area contributed by atoms with Crippen LogP contribution in [0.25, 0.3) is 4.96 Å². The summed E-state index contributed by atoms with van der Waals surface area (Å²) in [4.78, 5) is 19.3. The molecule has 0 bridgehead atoms. The molecule has 24 heavy (non-hydrogen) atoms. The minimum Gasteiger partial charge on any atom is -0.363 e. The molecule has 0 amide bonds. The van der Waals surface area contributed by atoms with Gasteiger partial charge in [0.15, 0.2) is 0 Å². The van der Waals surface area contributed by atoms with Crippen LogP contribution in [0.2, 0.25) is 0 Å². The second-order valence-corrected chi connectivity index (χ2v) is 7.34. The van der Waals surface area contributed by atoms with Crippen molar-refractivity contribution < 1.29 is 4.39 Å². The molecule has 7 heteroatoms. The van der Waals surface area contributed by atoms with E-state index in [0.717, 1.165) is 35.5 Å². The van der Waals surface area contributed by atoms with Crippen molar-refractivity contribution in [1.29, 1.82) is 0 Å². The molecule has 0 N–H and O–H groups in total. The molecule has 1 aromatic carbocycles. The summed E-state index contributed by atoms with van der Waals surface area (Å²) < 4.78 is 15.8. The maximum Gasteiger partial charge on any atom is 0.275 e. The van der Waals surface area contributed by atoms with Gasteiger partial charge in [-0.3, -0.25) is 4.79 Å². The predicted molar refractivity (Wildman–Crippen MR) is 92.4 cm³/mol. The summed E-state index contributed by atoms with van der Waals surface area (Å²) in [5, 5.41) is 4.94. The summed E-state index contributed by atoms with van der Waals surface area (Å²) in [6, 6.07) is 5.10. The summed E-state index contributed by atoms with van der Waals surface area (Å²) in [6.07, 6.45) is 1.85. The molecular weight excluding hydrogens is 327 g/mol. The van der Waals surface area contributed by atoms with Gasteiger partial charge in [-0.05, 0) is 43.9 Å². The minimum absolute atomic E-state index is 0.194. The van der Waals surface area contributed by atoms with Gasteiger partial charge in [-0.15, -0.1) is 0 Å². The van der Waals surface area contributed by atoms with Crippen molar-refractivity contribution in [3.05, 3.63) is 56.2 Å². The number of fused-ring (bicyclic) bond motifs is 2. The van der Waals surface area contributed by atoms with E-state index in [-0.39, 0.29) is 11.4 Å². The number of aryl methyl sites for hydroxylation is 3. The smallest absolute Gasteiger partial charge is 0.275 e. The van der Waals surface area contributed by atoms with Crippen molar-refractivity contribution in [2.24, 2.45) is 0 Å². The largest absolute Gasteiger partial charge is 0.363 e. The Balaban J connectivity index is 1.74. The number of rotatable bonds is 2. The molecule has 124 valence electrons. The summed E-state index contributed by atoms with van der Waals surface area (Å²) in [5.41, 5.74) is 3.07. The van der Waals surface area contributed by atoms with Crippen LogP contribution in [0, 0.1) is 19.7 Å². The fraction of sp³-hybridized carbons (Fsp3) is 0.353. The number of benzene rings is 1. The standard InChI is InChI=1S/C17H17FN4OS/c1-10-6-12-4-3-5-21(16(12)14(18)7-10)9-13-8-15(23)22-17(19-13)24-11(2)20-22/h6-8H,3-5,9H2,1-2H3. The predicted octanol–water partition coefficient (Wildman–Crippen LogP) is 2.86. The van der Waals surface area contributed by atoms with E-state index in [1.807, 2.05) is 24.8 Å². The van der Waals surface area contributed by atoms with Crippen LogP contribution in [0.3, 0.4) is 0 Å². The van der Waals surface area contributed by atoms with Crippen LogP contribution >= 0.6 is 11.3 Å². The van der Waals surface area contributed by atoms with Gasteiger partial charge in [-0.25, -0.2) is 9.37 Å². The fourth-order valence-corrected chi connectivity index (χ4v) is 4.08. The van der Waals surface area contributed by atoms with Crippen molar-refractivity contribution in [2.45, 2.75) is 33.2 Å². The van der Waals surface area contributed by atoms with E-state index >= 15 is 0 Å².